The van der Waals surface area contributed by atoms with Gasteiger partial charge in [0.2, 0.25) is 0 Å². The normalized spacial score (nSPS) is 26.6. The van der Waals surface area contributed by atoms with Gasteiger partial charge in [-0.05, 0) is 38.3 Å². The van der Waals surface area contributed by atoms with Gasteiger partial charge < -0.3 is 9.84 Å². The third-order valence-electron chi connectivity index (χ3n) is 4.02. The molecule has 116 valence electrons. The van der Waals surface area contributed by atoms with Gasteiger partial charge in [0, 0.05) is 24.8 Å². The van der Waals surface area contributed by atoms with Crippen LogP contribution in [0, 0.1) is 0 Å². The Morgan fingerprint density at radius 3 is 2.67 bits per heavy atom. The second-order valence-electron chi connectivity index (χ2n) is 5.67. The lowest BCUT2D eigenvalue weighted by molar-refractivity contribution is 0.00858. The van der Waals surface area contributed by atoms with Crippen molar-refractivity contribution >= 4 is 17.6 Å². The van der Waals surface area contributed by atoms with Crippen LogP contribution in [0.4, 0.5) is 0 Å². The number of aliphatic hydroxyl groups is 1. The van der Waals surface area contributed by atoms with Crippen molar-refractivity contribution < 1.29 is 14.6 Å². The molecule has 2 rings (SSSR count). The van der Waals surface area contributed by atoms with Gasteiger partial charge in [-0.15, -0.1) is 0 Å². The smallest absolute Gasteiger partial charge is 0.341 e. The van der Waals surface area contributed by atoms with Crippen molar-refractivity contribution in [3.8, 4) is 0 Å². The summed E-state index contributed by atoms with van der Waals surface area (Å²) in [6.45, 7) is 4.87. The van der Waals surface area contributed by atoms with Gasteiger partial charge in [-0.25, -0.2) is 9.78 Å². The van der Waals surface area contributed by atoms with Gasteiger partial charge in [-0.2, -0.15) is 0 Å². The summed E-state index contributed by atoms with van der Waals surface area (Å²) in [5.41, 5.74) is 1.20. The summed E-state index contributed by atoms with van der Waals surface area (Å²) in [6.07, 6.45) is 2.96. The highest BCUT2D eigenvalue weighted by atomic mass is 35.5. The number of pyridine rings is 1. The zero-order valence-corrected chi connectivity index (χ0v) is 13.3. The lowest BCUT2D eigenvalue weighted by Gasteiger charge is -2.41. The minimum absolute atomic E-state index is 0.153. The number of esters is 1. The molecule has 6 heteroatoms. The number of carbonyl (C=O) groups is 1. The largest absolute Gasteiger partial charge is 0.465 e. The van der Waals surface area contributed by atoms with Crippen molar-refractivity contribution in [3.05, 3.63) is 28.5 Å². The highest BCUT2D eigenvalue weighted by Crippen LogP contribution is 2.26. The van der Waals surface area contributed by atoms with Crippen molar-refractivity contribution in [1.82, 2.24) is 9.88 Å². The molecule has 1 fully saturated rings. The minimum atomic E-state index is -0.482. The van der Waals surface area contributed by atoms with E-state index in [9.17, 15) is 9.90 Å². The van der Waals surface area contributed by atoms with Crippen molar-refractivity contribution in [2.75, 3.05) is 7.11 Å². The van der Waals surface area contributed by atoms with Crippen molar-refractivity contribution in [2.45, 2.75) is 51.4 Å². The first-order valence-corrected chi connectivity index (χ1v) is 7.46. The Balaban J connectivity index is 2.17. The Morgan fingerprint density at radius 1 is 1.48 bits per heavy atom. The first-order chi connectivity index (χ1) is 9.92. The molecular weight excluding hydrogens is 292 g/mol. The molecular formula is C15H21ClN2O3. The van der Waals surface area contributed by atoms with Crippen molar-refractivity contribution in [3.63, 3.8) is 0 Å². The molecule has 0 aliphatic carbocycles. The summed E-state index contributed by atoms with van der Waals surface area (Å²) in [6, 6.07) is 2.29. The van der Waals surface area contributed by atoms with Gasteiger partial charge in [-0.3, -0.25) is 4.90 Å². The Hall–Kier alpha value is -1.17. The summed E-state index contributed by atoms with van der Waals surface area (Å²) in [5, 5.41) is 9.95. The quantitative estimate of drug-likeness (QED) is 0.685. The molecule has 0 aromatic carbocycles. The fourth-order valence-electron chi connectivity index (χ4n) is 2.94. The van der Waals surface area contributed by atoms with E-state index in [1.807, 2.05) is 0 Å². The van der Waals surface area contributed by atoms with Gasteiger partial charge in [0.25, 0.3) is 0 Å². The monoisotopic (exact) mass is 312 g/mol. The average molecular weight is 313 g/mol. The van der Waals surface area contributed by atoms with Gasteiger partial charge in [0.1, 0.15) is 5.15 Å². The van der Waals surface area contributed by atoms with E-state index < -0.39 is 5.97 Å². The molecule has 0 bridgehead atoms. The molecule has 1 saturated heterocycles. The highest BCUT2D eigenvalue weighted by molar-refractivity contribution is 6.32. The van der Waals surface area contributed by atoms with E-state index in [0.29, 0.717) is 6.54 Å². The van der Waals surface area contributed by atoms with Crippen LogP contribution in [0.5, 0.6) is 0 Å². The molecule has 2 atom stereocenters. The SMILES string of the molecule is COC(=O)c1cc(CN2[C@H](C)CC(O)C[C@H]2C)cnc1Cl. The van der Waals surface area contributed by atoms with Crippen LogP contribution in [-0.2, 0) is 11.3 Å². The van der Waals surface area contributed by atoms with E-state index in [1.165, 1.54) is 7.11 Å². The molecule has 0 saturated carbocycles. The molecule has 0 amide bonds. The van der Waals surface area contributed by atoms with Gasteiger partial charge in [0.05, 0.1) is 18.8 Å². The summed E-state index contributed by atoms with van der Waals surface area (Å²) in [5.74, 6) is -0.482. The van der Waals surface area contributed by atoms with Gasteiger partial charge in [0.15, 0.2) is 0 Å². The van der Waals surface area contributed by atoms with E-state index in [2.05, 4.69) is 23.7 Å². The zero-order valence-electron chi connectivity index (χ0n) is 12.5. The molecule has 0 radical (unpaired) electrons. The van der Waals surface area contributed by atoms with Crippen LogP contribution in [0.25, 0.3) is 0 Å². The number of ether oxygens (including phenoxy) is 1. The molecule has 1 aliphatic heterocycles. The van der Waals surface area contributed by atoms with E-state index in [0.717, 1.165) is 18.4 Å². The number of methoxy groups -OCH3 is 1. The lowest BCUT2D eigenvalue weighted by atomic mass is 9.94. The van der Waals surface area contributed by atoms with Gasteiger partial charge in [-0.1, -0.05) is 11.6 Å². The van der Waals surface area contributed by atoms with Gasteiger partial charge >= 0.3 is 5.97 Å². The number of likely N-dealkylation sites (tertiary alicyclic amines) is 1. The molecule has 0 spiro atoms. The molecule has 0 unspecified atom stereocenters. The third kappa shape index (κ3) is 3.73. The molecule has 5 nitrogen and oxygen atoms in total. The Bertz CT molecular complexity index is 512. The second kappa shape index (κ2) is 6.73. The van der Waals surface area contributed by atoms with Crippen LogP contribution in [0.2, 0.25) is 5.15 Å². The summed E-state index contributed by atoms with van der Waals surface area (Å²) in [7, 11) is 1.32. The topological polar surface area (TPSA) is 62.7 Å². The maximum atomic E-state index is 11.7. The van der Waals surface area contributed by atoms with E-state index in [1.54, 1.807) is 12.3 Å². The third-order valence-corrected chi connectivity index (χ3v) is 4.33. The molecule has 1 N–H and O–H groups in total. The summed E-state index contributed by atoms with van der Waals surface area (Å²) in [4.78, 5) is 18.0. The maximum absolute atomic E-state index is 11.7. The van der Waals surface area contributed by atoms with Crippen LogP contribution in [0.15, 0.2) is 12.3 Å². The first kappa shape index (κ1) is 16.2. The summed E-state index contributed by atoms with van der Waals surface area (Å²) < 4.78 is 4.71. The number of hydrogen-bond acceptors (Lipinski definition) is 5. The fraction of sp³-hybridized carbons (Fsp3) is 0.600. The molecule has 1 aromatic heterocycles. The minimum Gasteiger partial charge on any atom is -0.465 e. The highest BCUT2D eigenvalue weighted by Gasteiger charge is 2.30. The van der Waals surface area contributed by atoms with Crippen LogP contribution < -0.4 is 0 Å². The number of aliphatic hydroxyl groups excluding tert-OH is 1. The van der Waals surface area contributed by atoms with Crippen LogP contribution in [-0.4, -0.2) is 46.3 Å². The number of hydrogen-bond donors (Lipinski definition) is 1. The number of nitrogens with zero attached hydrogens (tertiary/aromatic N) is 2. The van der Waals surface area contributed by atoms with Crippen LogP contribution >= 0.6 is 11.6 Å². The number of rotatable bonds is 3. The van der Waals surface area contributed by atoms with E-state index in [-0.39, 0.29) is 28.9 Å². The van der Waals surface area contributed by atoms with Crippen LogP contribution in [0.1, 0.15) is 42.6 Å². The molecule has 2 heterocycles. The first-order valence-electron chi connectivity index (χ1n) is 7.09. The maximum Gasteiger partial charge on any atom is 0.341 e. The Morgan fingerprint density at radius 2 is 2.10 bits per heavy atom. The van der Waals surface area contributed by atoms with Crippen LogP contribution in [0.3, 0.4) is 0 Å². The fourth-order valence-corrected chi connectivity index (χ4v) is 3.12. The molecule has 1 aromatic rings. The Labute approximate surface area is 129 Å². The number of aromatic nitrogens is 1. The molecule has 1 aliphatic rings. The lowest BCUT2D eigenvalue weighted by Crippen LogP contribution is -2.47. The van der Waals surface area contributed by atoms with Crippen molar-refractivity contribution in [1.29, 1.82) is 0 Å². The second-order valence-corrected chi connectivity index (χ2v) is 6.03. The predicted octanol–water partition coefficient (Wildman–Crippen LogP) is 2.26. The van der Waals surface area contributed by atoms with E-state index in [4.69, 9.17) is 16.3 Å². The predicted molar refractivity (Wildman–Crippen MR) is 80.3 cm³/mol. The van der Waals surface area contributed by atoms with E-state index >= 15 is 0 Å². The number of halogens is 1. The van der Waals surface area contributed by atoms with Crippen molar-refractivity contribution in [2.24, 2.45) is 0 Å². The molecule has 21 heavy (non-hydrogen) atoms. The standard InChI is InChI=1S/C15H21ClN2O3/c1-9-4-12(19)5-10(2)18(9)8-11-6-13(15(20)21-3)14(16)17-7-11/h6-7,9-10,12,19H,4-5,8H2,1-3H3/t9-,10-/m1/s1. The summed E-state index contributed by atoms with van der Waals surface area (Å²) >= 11 is 5.93. The number of carbonyl (C=O) groups excluding carboxylic acids is 1. The Kier molecular flexibility index (Phi) is 5.19. The number of piperidine rings is 1. The zero-order chi connectivity index (χ0) is 15.6. The average Bonchev–Trinajstić information content (AvgIpc) is 2.43.